The van der Waals surface area contributed by atoms with Gasteiger partial charge in [-0.1, -0.05) is 84.9 Å². The Balaban J connectivity index is 2.00. The zero-order valence-electron chi connectivity index (χ0n) is 14.3. The second-order valence-corrected chi connectivity index (χ2v) is 5.93. The average Bonchev–Trinajstić information content (AvgIpc) is 2.69. The maximum absolute atomic E-state index is 7.52. The summed E-state index contributed by atoms with van der Waals surface area (Å²) in [5.74, 6) is 0. The van der Waals surface area contributed by atoms with Gasteiger partial charge in [0.15, 0.2) is 0 Å². The van der Waals surface area contributed by atoms with Crippen LogP contribution < -0.4 is 0 Å². The predicted molar refractivity (Wildman–Crippen MR) is 109 cm³/mol. The van der Waals surface area contributed by atoms with Crippen molar-refractivity contribution in [2.75, 3.05) is 0 Å². The third-order valence-electron chi connectivity index (χ3n) is 4.17. The molecule has 3 aromatic rings. The molecular weight excluding hydrogens is 302 g/mol. The van der Waals surface area contributed by atoms with Gasteiger partial charge >= 0.3 is 0 Å². The quantitative estimate of drug-likeness (QED) is 0.410. The van der Waals surface area contributed by atoms with Gasteiger partial charge in [-0.25, -0.2) is 0 Å². The summed E-state index contributed by atoms with van der Waals surface area (Å²) in [5, 5.41) is 7.52. The van der Waals surface area contributed by atoms with E-state index in [-0.39, 0.29) is 0 Å². The first-order valence-corrected chi connectivity index (χ1v) is 8.38. The van der Waals surface area contributed by atoms with E-state index < -0.39 is 0 Å². The van der Waals surface area contributed by atoms with E-state index in [1.807, 2.05) is 30.3 Å². The van der Waals surface area contributed by atoms with Gasteiger partial charge in [0.2, 0.25) is 0 Å². The molecule has 0 aliphatic carbocycles. The van der Waals surface area contributed by atoms with Crippen LogP contribution >= 0.6 is 0 Å². The topological polar surface area (TPSA) is 23.9 Å². The maximum atomic E-state index is 7.52. The summed E-state index contributed by atoms with van der Waals surface area (Å²) in [4.78, 5) is 0. The van der Waals surface area contributed by atoms with Gasteiger partial charge in [-0.3, -0.25) is 0 Å². The van der Waals surface area contributed by atoms with E-state index in [4.69, 9.17) is 5.41 Å². The Bertz CT molecular complexity index is 903. The highest BCUT2D eigenvalue weighted by molar-refractivity contribution is 5.92. The lowest BCUT2D eigenvalue weighted by atomic mass is 9.96. The minimum atomic E-state index is 1.04. The standard InChI is InChI=1S/C24H21N/c1-19(20-9-4-2-5-10-20)17-24(15-16-25)23-14-8-13-22(18-23)21-11-6-3-7-12-21/h2-18,25H,1H3/b19-17+,24-15+,25-16?. The van der Waals surface area contributed by atoms with Gasteiger partial charge in [-0.2, -0.15) is 0 Å². The van der Waals surface area contributed by atoms with Crippen molar-refractivity contribution in [2.45, 2.75) is 6.92 Å². The van der Waals surface area contributed by atoms with E-state index in [0.29, 0.717) is 0 Å². The van der Waals surface area contributed by atoms with Crippen molar-refractivity contribution in [1.29, 1.82) is 5.41 Å². The molecule has 0 spiro atoms. The molecule has 0 amide bonds. The molecule has 1 N–H and O–H groups in total. The van der Waals surface area contributed by atoms with Crippen LogP contribution in [0.5, 0.6) is 0 Å². The lowest BCUT2D eigenvalue weighted by molar-refractivity contribution is 1.54. The van der Waals surface area contributed by atoms with E-state index >= 15 is 0 Å². The van der Waals surface area contributed by atoms with Crippen molar-refractivity contribution in [3.8, 4) is 11.1 Å². The van der Waals surface area contributed by atoms with Crippen LogP contribution in [-0.2, 0) is 0 Å². The van der Waals surface area contributed by atoms with Crippen LogP contribution in [0.2, 0.25) is 0 Å². The molecule has 0 aliphatic heterocycles. The molecule has 0 fully saturated rings. The summed E-state index contributed by atoms with van der Waals surface area (Å²) < 4.78 is 0. The fourth-order valence-electron chi connectivity index (χ4n) is 2.84. The predicted octanol–water partition coefficient (Wildman–Crippen LogP) is 6.49. The monoisotopic (exact) mass is 323 g/mol. The van der Waals surface area contributed by atoms with Crippen LogP contribution in [0.4, 0.5) is 0 Å². The van der Waals surface area contributed by atoms with E-state index in [0.717, 1.165) is 11.1 Å². The first-order valence-electron chi connectivity index (χ1n) is 8.38. The highest BCUT2D eigenvalue weighted by Gasteiger charge is 2.03. The van der Waals surface area contributed by atoms with Crippen molar-refractivity contribution in [3.63, 3.8) is 0 Å². The number of allylic oxidation sites excluding steroid dienone is 4. The minimum absolute atomic E-state index is 1.04. The summed E-state index contributed by atoms with van der Waals surface area (Å²) in [7, 11) is 0. The number of benzene rings is 3. The summed E-state index contributed by atoms with van der Waals surface area (Å²) in [6, 6.07) is 29.1. The fourth-order valence-corrected chi connectivity index (χ4v) is 2.84. The smallest absolute Gasteiger partial charge is 0.0183 e. The van der Waals surface area contributed by atoms with Gasteiger partial charge in [-0.15, -0.1) is 0 Å². The second kappa shape index (κ2) is 8.07. The van der Waals surface area contributed by atoms with Crippen molar-refractivity contribution < 1.29 is 0 Å². The van der Waals surface area contributed by atoms with Crippen LogP contribution in [0, 0.1) is 5.41 Å². The normalized spacial score (nSPS) is 12.0. The van der Waals surface area contributed by atoms with Crippen LogP contribution in [0.1, 0.15) is 18.1 Å². The molecule has 0 bridgehead atoms. The first-order chi connectivity index (χ1) is 12.3. The molecule has 0 saturated heterocycles. The highest BCUT2D eigenvalue weighted by atomic mass is 14.3. The second-order valence-electron chi connectivity index (χ2n) is 5.93. The molecule has 0 aliphatic rings. The molecule has 0 saturated carbocycles. The van der Waals surface area contributed by atoms with E-state index in [1.165, 1.54) is 28.5 Å². The molecular formula is C24H21N. The molecule has 0 unspecified atom stereocenters. The number of hydrogen-bond acceptors (Lipinski definition) is 1. The molecule has 0 atom stereocenters. The largest absolute Gasteiger partial charge is 0.309 e. The Morgan fingerprint density at radius 2 is 1.32 bits per heavy atom. The Morgan fingerprint density at radius 3 is 2.00 bits per heavy atom. The molecule has 3 rings (SSSR count). The van der Waals surface area contributed by atoms with E-state index in [1.54, 1.807) is 0 Å². The first kappa shape index (κ1) is 16.7. The van der Waals surface area contributed by atoms with Gasteiger partial charge < -0.3 is 5.41 Å². The average molecular weight is 323 g/mol. The summed E-state index contributed by atoms with van der Waals surface area (Å²) in [6.45, 7) is 2.11. The van der Waals surface area contributed by atoms with Gasteiger partial charge in [0, 0.05) is 6.21 Å². The highest BCUT2D eigenvalue weighted by Crippen LogP contribution is 2.26. The molecule has 0 radical (unpaired) electrons. The van der Waals surface area contributed by atoms with Crippen molar-refractivity contribution in [3.05, 3.63) is 108 Å². The summed E-state index contributed by atoms with van der Waals surface area (Å²) in [6.07, 6.45) is 5.33. The van der Waals surface area contributed by atoms with Gasteiger partial charge in [0.05, 0.1) is 0 Å². The Labute approximate surface area is 149 Å². The summed E-state index contributed by atoms with van der Waals surface area (Å²) >= 11 is 0. The Hall–Kier alpha value is -3.19. The zero-order chi connectivity index (χ0) is 17.5. The Kier molecular flexibility index (Phi) is 5.38. The lowest BCUT2D eigenvalue weighted by Crippen LogP contribution is -1.87. The van der Waals surface area contributed by atoms with Gasteiger partial charge in [-0.05, 0) is 52.5 Å². The molecule has 0 heterocycles. The third kappa shape index (κ3) is 4.21. The minimum Gasteiger partial charge on any atom is -0.309 e. The SMILES string of the molecule is C/C(=C\C(=C/C=N)c1cccc(-c2ccccc2)c1)c1ccccc1. The molecule has 3 aromatic carbocycles. The maximum Gasteiger partial charge on any atom is 0.0183 e. The van der Waals surface area contributed by atoms with Crippen LogP contribution in [0.15, 0.2) is 97.1 Å². The van der Waals surface area contributed by atoms with Crippen molar-refractivity contribution in [1.82, 2.24) is 0 Å². The number of hydrogen-bond donors (Lipinski definition) is 1. The number of nitrogens with one attached hydrogen (secondary N) is 1. The van der Waals surface area contributed by atoms with Gasteiger partial charge in [0.25, 0.3) is 0 Å². The van der Waals surface area contributed by atoms with Crippen LogP contribution in [0.3, 0.4) is 0 Å². The number of rotatable bonds is 5. The molecule has 1 nitrogen and oxygen atoms in total. The van der Waals surface area contributed by atoms with Crippen LogP contribution in [-0.4, -0.2) is 6.21 Å². The third-order valence-corrected chi connectivity index (χ3v) is 4.17. The van der Waals surface area contributed by atoms with Crippen molar-refractivity contribution >= 4 is 17.4 Å². The van der Waals surface area contributed by atoms with Gasteiger partial charge in [0.1, 0.15) is 0 Å². The molecule has 122 valence electrons. The van der Waals surface area contributed by atoms with E-state index in [9.17, 15) is 0 Å². The molecule has 0 aromatic heterocycles. The van der Waals surface area contributed by atoms with Crippen molar-refractivity contribution in [2.24, 2.45) is 0 Å². The molecule has 1 heteroatoms. The Morgan fingerprint density at radius 1 is 0.720 bits per heavy atom. The zero-order valence-corrected chi connectivity index (χ0v) is 14.3. The van der Waals surface area contributed by atoms with Crippen LogP contribution in [0.25, 0.3) is 22.3 Å². The molecule has 25 heavy (non-hydrogen) atoms. The fraction of sp³-hybridized carbons (Fsp3) is 0.0417. The summed E-state index contributed by atoms with van der Waals surface area (Å²) in [5.41, 5.74) is 6.90. The lowest BCUT2D eigenvalue weighted by Gasteiger charge is -2.08. The van der Waals surface area contributed by atoms with E-state index in [2.05, 4.69) is 73.7 Å².